The number of hydrogen-bond donors (Lipinski definition) is 2. The summed E-state index contributed by atoms with van der Waals surface area (Å²) >= 11 is 1.27. The van der Waals surface area contributed by atoms with E-state index in [0.29, 0.717) is 45.7 Å². The van der Waals surface area contributed by atoms with Crippen molar-refractivity contribution in [1.29, 1.82) is 0 Å². The van der Waals surface area contributed by atoms with Crippen molar-refractivity contribution < 1.29 is 33.3 Å². The predicted octanol–water partition coefficient (Wildman–Crippen LogP) is 6.68. The van der Waals surface area contributed by atoms with Gasteiger partial charge in [0.15, 0.2) is 11.6 Å². The molecule has 0 bridgehead atoms. The molecular weight excluding hydrogens is 552 g/mol. The largest absolute Gasteiger partial charge is 0.507 e. The van der Waals surface area contributed by atoms with Crippen LogP contribution in [0.1, 0.15) is 40.7 Å². The molecule has 0 saturated heterocycles. The average Bonchev–Trinajstić information content (AvgIpc) is 3.49. The minimum Gasteiger partial charge on any atom is -0.507 e. The molecule has 8 nitrogen and oxygen atoms in total. The highest BCUT2D eigenvalue weighted by Crippen LogP contribution is 2.48. The number of aromatic nitrogens is 3. The van der Waals surface area contributed by atoms with E-state index in [0.717, 1.165) is 11.1 Å². The highest BCUT2D eigenvalue weighted by Gasteiger charge is 2.35. The van der Waals surface area contributed by atoms with Gasteiger partial charge in [0.2, 0.25) is 0 Å². The van der Waals surface area contributed by atoms with E-state index in [1.54, 1.807) is 29.7 Å². The molecule has 0 aliphatic heterocycles. The molecule has 0 radical (unpaired) electrons. The number of benzene rings is 3. The molecule has 0 spiro atoms. The van der Waals surface area contributed by atoms with Gasteiger partial charge in [-0.3, -0.25) is 0 Å². The summed E-state index contributed by atoms with van der Waals surface area (Å²) in [4.78, 5) is 16.4. The minimum absolute atomic E-state index is 0.0116. The molecule has 11 heteroatoms. The Balaban J connectivity index is 1.94. The van der Waals surface area contributed by atoms with Crippen molar-refractivity contribution in [3.8, 4) is 34.1 Å². The van der Waals surface area contributed by atoms with Crippen LogP contribution in [0.25, 0.3) is 27.7 Å². The van der Waals surface area contributed by atoms with Gasteiger partial charge in [0.05, 0.1) is 25.1 Å². The number of aromatic carboxylic acids is 1. The predicted molar refractivity (Wildman–Crippen MR) is 152 cm³/mol. The van der Waals surface area contributed by atoms with Crippen molar-refractivity contribution in [2.75, 3.05) is 14.2 Å². The molecule has 0 fully saturated rings. The lowest BCUT2D eigenvalue weighted by molar-refractivity contribution is 0.0693. The average molecular weight is 580 g/mol. The summed E-state index contributed by atoms with van der Waals surface area (Å²) in [6, 6.07) is 11.2. The maximum Gasteiger partial charge on any atom is 0.339 e. The minimum atomic E-state index is -1.16. The second-order valence-corrected chi connectivity index (χ2v) is 11.0. The number of halogens is 2. The third-order valence-corrected chi connectivity index (χ3v) is 7.73. The second kappa shape index (κ2) is 10.5. The van der Waals surface area contributed by atoms with Gasteiger partial charge in [0.1, 0.15) is 33.7 Å². The number of phenols is 1. The van der Waals surface area contributed by atoms with Crippen molar-refractivity contribution in [3.05, 3.63) is 82.3 Å². The fourth-order valence-corrected chi connectivity index (χ4v) is 6.11. The summed E-state index contributed by atoms with van der Waals surface area (Å²) in [5.74, 6) is -1.97. The Morgan fingerprint density at radius 3 is 2.41 bits per heavy atom. The van der Waals surface area contributed by atoms with Crippen molar-refractivity contribution in [3.63, 3.8) is 0 Å². The summed E-state index contributed by atoms with van der Waals surface area (Å²) < 4.78 is 46.1. The number of aromatic hydroxyl groups is 1. The van der Waals surface area contributed by atoms with Gasteiger partial charge in [-0.1, -0.05) is 19.9 Å². The number of phenolic OH excluding ortho intramolecular Hbond substituents is 1. The van der Waals surface area contributed by atoms with Crippen molar-refractivity contribution >= 4 is 28.4 Å². The number of rotatable bonds is 8. The first-order valence-corrected chi connectivity index (χ1v) is 13.3. The number of carboxylic acid groups (broad SMARTS) is 1. The van der Waals surface area contributed by atoms with Crippen LogP contribution in [0.4, 0.5) is 8.78 Å². The Labute approximate surface area is 238 Å². The molecular formula is C30H27F2N3O5S. The Morgan fingerprint density at radius 1 is 1.05 bits per heavy atom. The van der Waals surface area contributed by atoms with Crippen LogP contribution in [0.2, 0.25) is 0 Å². The number of hydrogen-bond acceptors (Lipinski definition) is 7. The van der Waals surface area contributed by atoms with E-state index in [9.17, 15) is 23.8 Å². The number of nitrogens with zero attached hydrogens (tertiary/aromatic N) is 3. The zero-order chi connectivity index (χ0) is 29.6. The van der Waals surface area contributed by atoms with Crippen LogP contribution in [0.15, 0.2) is 48.5 Å². The lowest BCUT2D eigenvalue weighted by Gasteiger charge is -2.28. The quantitative estimate of drug-likeness (QED) is 0.211. The van der Waals surface area contributed by atoms with Gasteiger partial charge >= 0.3 is 5.97 Å². The number of aryl methyl sites for hydroxylation is 1. The smallest absolute Gasteiger partial charge is 0.339 e. The van der Waals surface area contributed by atoms with Crippen LogP contribution in [-0.4, -0.2) is 44.3 Å². The van der Waals surface area contributed by atoms with Crippen molar-refractivity contribution in [2.24, 2.45) is 0 Å². The molecule has 0 unspecified atom stereocenters. The maximum absolute atomic E-state index is 14.9. The number of ether oxygens (including phenoxy) is 2. The Morgan fingerprint density at radius 2 is 1.78 bits per heavy atom. The fourth-order valence-electron chi connectivity index (χ4n) is 5.24. The van der Waals surface area contributed by atoms with E-state index in [4.69, 9.17) is 9.47 Å². The molecule has 212 valence electrons. The maximum atomic E-state index is 14.9. The molecule has 0 saturated carbocycles. The summed E-state index contributed by atoms with van der Waals surface area (Å²) in [5, 5.41) is 21.9. The Hall–Kier alpha value is -4.51. The molecule has 0 aliphatic carbocycles. The van der Waals surface area contributed by atoms with Crippen molar-refractivity contribution in [1.82, 2.24) is 13.9 Å². The lowest BCUT2D eigenvalue weighted by atomic mass is 9.81. The molecule has 0 aliphatic rings. The van der Waals surface area contributed by atoms with Crippen LogP contribution in [0, 0.1) is 18.6 Å². The van der Waals surface area contributed by atoms with Crippen molar-refractivity contribution in [2.45, 2.75) is 32.6 Å². The summed E-state index contributed by atoms with van der Waals surface area (Å²) in [6.07, 6.45) is 0.424. The van der Waals surface area contributed by atoms with Gasteiger partial charge in [0.25, 0.3) is 0 Å². The van der Waals surface area contributed by atoms with Gasteiger partial charge in [-0.25, -0.2) is 18.6 Å². The number of carbonyl (C=O) groups is 1. The fraction of sp³-hybridized carbons (Fsp3) is 0.233. The lowest BCUT2D eigenvalue weighted by Crippen LogP contribution is -2.25. The first kappa shape index (κ1) is 28.0. The van der Waals surface area contributed by atoms with E-state index in [1.165, 1.54) is 50.0 Å². The summed E-state index contributed by atoms with van der Waals surface area (Å²) in [7, 11) is 2.72. The van der Waals surface area contributed by atoms with E-state index in [2.05, 4.69) is 9.36 Å². The topological polar surface area (TPSA) is 107 Å². The molecule has 3 aromatic carbocycles. The van der Waals surface area contributed by atoms with E-state index >= 15 is 0 Å². The monoisotopic (exact) mass is 579 g/mol. The highest BCUT2D eigenvalue weighted by atomic mass is 32.1. The summed E-state index contributed by atoms with van der Waals surface area (Å²) in [5.41, 5.74) is 1.72. The normalized spacial score (nSPS) is 11.7. The van der Waals surface area contributed by atoms with Gasteiger partial charge in [-0.2, -0.15) is 4.37 Å². The molecule has 2 heterocycles. The molecule has 5 aromatic rings. The van der Waals surface area contributed by atoms with Crippen LogP contribution >= 0.6 is 11.5 Å². The van der Waals surface area contributed by atoms with Gasteiger partial charge in [-0.05, 0) is 54.4 Å². The third kappa shape index (κ3) is 4.97. The van der Waals surface area contributed by atoms with Crippen LogP contribution in [-0.2, 0) is 11.8 Å². The summed E-state index contributed by atoms with van der Waals surface area (Å²) in [6.45, 7) is 5.77. The van der Waals surface area contributed by atoms with Crippen LogP contribution in [0.3, 0.4) is 0 Å². The SMILES string of the molecule is COc1cc(-n2c(C(C)(C)Cc3nc(C)ns3)c(-c3ccc(C(=O)O)c(OC)c3)c3c(O)cc(F)cc32)ccc1F. The second-order valence-electron chi connectivity index (χ2n) is 10.2. The number of carboxylic acids is 1. The standard InChI is InChI=1S/C30H27F2N3O5S/c1-15-33-25(41-34-15)14-30(2,3)28-26(16-6-8-19(29(37)38)23(10-16)39-4)27-21(11-17(31)12-22(27)36)35(28)18-7-9-20(32)24(13-18)40-5/h6-13,36H,14H2,1-5H3,(H,37,38). The molecule has 5 rings (SSSR count). The Kier molecular flexibility index (Phi) is 7.16. The zero-order valence-electron chi connectivity index (χ0n) is 23.0. The highest BCUT2D eigenvalue weighted by molar-refractivity contribution is 7.05. The first-order chi connectivity index (χ1) is 19.4. The Bertz CT molecular complexity index is 1810. The van der Waals surface area contributed by atoms with Crippen LogP contribution < -0.4 is 9.47 Å². The number of fused-ring (bicyclic) bond motifs is 1. The molecule has 0 amide bonds. The third-order valence-electron chi connectivity index (χ3n) is 6.93. The van der Waals surface area contributed by atoms with Gasteiger partial charge in [-0.15, -0.1) is 0 Å². The first-order valence-electron chi connectivity index (χ1n) is 12.6. The molecule has 2 aromatic heterocycles. The van der Waals surface area contributed by atoms with E-state index < -0.39 is 23.0 Å². The molecule has 2 N–H and O–H groups in total. The van der Waals surface area contributed by atoms with E-state index in [-0.39, 0.29) is 22.8 Å². The molecule has 41 heavy (non-hydrogen) atoms. The molecule has 0 atom stereocenters. The van der Waals surface area contributed by atoms with Crippen LogP contribution in [0.5, 0.6) is 17.2 Å². The van der Waals surface area contributed by atoms with E-state index in [1.807, 2.05) is 13.8 Å². The van der Waals surface area contributed by atoms with Gasteiger partial charge < -0.3 is 24.3 Å². The zero-order valence-corrected chi connectivity index (χ0v) is 23.8. The van der Waals surface area contributed by atoms with Gasteiger partial charge in [0, 0.05) is 40.9 Å². The number of methoxy groups -OCH3 is 2.